The number of ether oxygens (including phenoxy) is 1. The highest BCUT2D eigenvalue weighted by molar-refractivity contribution is 7.53. The number of rotatable bonds is 12. The lowest BCUT2D eigenvalue weighted by molar-refractivity contribution is 0.0855. The largest absolute Gasteiger partial charge is 0.369 e. The molecular weight excluding hydrogens is 485 g/mol. The van der Waals surface area contributed by atoms with Crippen LogP contribution in [0.3, 0.4) is 0 Å². The molecule has 0 fully saturated rings. The van der Waals surface area contributed by atoms with Crippen LogP contribution in [0.2, 0.25) is 0 Å². The molecule has 1 atom stereocenters. The van der Waals surface area contributed by atoms with Gasteiger partial charge in [0.05, 0.1) is 19.5 Å². The van der Waals surface area contributed by atoms with Crippen molar-refractivity contribution >= 4 is 30.5 Å². The van der Waals surface area contributed by atoms with Crippen molar-refractivity contribution in [3.63, 3.8) is 0 Å². The lowest BCUT2D eigenvalue weighted by atomic mass is 10.1. The fraction of sp³-hybridized carbons (Fsp3) is 0.250. The molecule has 0 bridgehead atoms. The van der Waals surface area contributed by atoms with Crippen molar-refractivity contribution in [2.45, 2.75) is 20.1 Å². The Morgan fingerprint density at radius 1 is 1.11 bits per heavy atom. The third-order valence-electron chi connectivity index (χ3n) is 5.26. The topological polar surface area (TPSA) is 151 Å². The summed E-state index contributed by atoms with van der Waals surface area (Å²) in [5, 5.41) is 0. The van der Waals surface area contributed by atoms with Crippen LogP contribution in [-0.4, -0.2) is 44.9 Å². The molecule has 0 saturated carbocycles. The van der Waals surface area contributed by atoms with Crippen LogP contribution in [0.25, 0.3) is 11.2 Å². The number of hydrogen-bond acceptors (Lipinski definition) is 9. The number of anilines is 1. The van der Waals surface area contributed by atoms with Crippen LogP contribution in [0.15, 0.2) is 65.7 Å². The van der Waals surface area contributed by atoms with Crippen molar-refractivity contribution in [1.82, 2.24) is 19.5 Å². The maximum absolute atomic E-state index is 13.4. The first-order chi connectivity index (χ1) is 17.3. The summed E-state index contributed by atoms with van der Waals surface area (Å²) in [6.07, 6.45) is 1.07. The van der Waals surface area contributed by atoms with Crippen LogP contribution in [0.5, 0.6) is 0 Å². The quantitative estimate of drug-likeness (QED) is 0.166. The molecule has 36 heavy (non-hydrogen) atoms. The second-order valence-corrected chi connectivity index (χ2v) is 10.0. The number of benzene rings is 2. The Labute approximate surface area is 206 Å². The van der Waals surface area contributed by atoms with Gasteiger partial charge in [0.15, 0.2) is 16.9 Å². The Hall–Kier alpha value is -3.63. The number of aryl methyl sites for hydroxylation is 1. The number of carbonyl (C=O) groups excluding carboxylic acids is 1. The van der Waals surface area contributed by atoms with Crippen molar-refractivity contribution in [2.75, 3.05) is 25.3 Å². The van der Waals surface area contributed by atoms with E-state index in [1.165, 1.54) is 6.33 Å². The first-order valence-electron chi connectivity index (χ1n) is 11.1. The molecule has 4 rings (SSSR count). The predicted molar refractivity (Wildman–Crippen MR) is 134 cm³/mol. The van der Waals surface area contributed by atoms with E-state index in [1.807, 2.05) is 49.4 Å². The van der Waals surface area contributed by atoms with E-state index in [4.69, 9.17) is 19.5 Å². The molecule has 0 amide bonds. The molecule has 2 heterocycles. The fourth-order valence-corrected chi connectivity index (χ4v) is 4.55. The van der Waals surface area contributed by atoms with Crippen molar-refractivity contribution in [1.29, 1.82) is 0 Å². The Balaban J connectivity index is 1.38. The number of aromatic amines is 1. The third-order valence-corrected chi connectivity index (χ3v) is 6.80. The summed E-state index contributed by atoms with van der Waals surface area (Å²) in [5.74, 6) is -0.349. The van der Waals surface area contributed by atoms with Gasteiger partial charge in [0.25, 0.3) is 5.56 Å². The van der Waals surface area contributed by atoms with Gasteiger partial charge in [-0.05, 0) is 12.5 Å². The highest BCUT2D eigenvalue weighted by Crippen LogP contribution is 2.49. The van der Waals surface area contributed by atoms with Gasteiger partial charge in [0, 0.05) is 12.1 Å². The van der Waals surface area contributed by atoms with E-state index < -0.39 is 19.8 Å². The fourth-order valence-electron chi connectivity index (χ4n) is 3.31. The van der Waals surface area contributed by atoms with Crippen molar-refractivity contribution in [3.8, 4) is 0 Å². The molecule has 1 unspecified atom stereocenters. The summed E-state index contributed by atoms with van der Waals surface area (Å²) < 4.78 is 31.8. The van der Waals surface area contributed by atoms with Crippen molar-refractivity contribution in [3.05, 3.63) is 88.0 Å². The van der Waals surface area contributed by atoms with Gasteiger partial charge in [-0.3, -0.25) is 23.7 Å². The van der Waals surface area contributed by atoms with Gasteiger partial charge < -0.3 is 19.6 Å². The molecule has 0 aliphatic rings. The lowest BCUT2D eigenvalue weighted by Gasteiger charge is -2.19. The van der Waals surface area contributed by atoms with E-state index >= 15 is 0 Å². The van der Waals surface area contributed by atoms with Crippen LogP contribution in [-0.2, 0) is 31.5 Å². The third kappa shape index (κ3) is 6.52. The number of imidazole rings is 1. The van der Waals surface area contributed by atoms with Crippen LogP contribution >= 0.6 is 7.60 Å². The van der Waals surface area contributed by atoms with Gasteiger partial charge in [-0.15, -0.1) is 0 Å². The van der Waals surface area contributed by atoms with Crippen molar-refractivity contribution in [2.24, 2.45) is 0 Å². The van der Waals surface area contributed by atoms with Gasteiger partial charge >= 0.3 is 7.60 Å². The Bertz CT molecular complexity index is 1440. The smallest absolute Gasteiger partial charge is 0.356 e. The zero-order chi connectivity index (χ0) is 25.5. The minimum atomic E-state index is -3.80. The second kappa shape index (κ2) is 11.4. The van der Waals surface area contributed by atoms with Crippen LogP contribution in [0.4, 0.5) is 5.95 Å². The maximum Gasteiger partial charge on any atom is 0.356 e. The number of H-pyrrole nitrogens is 1. The maximum atomic E-state index is 13.4. The Morgan fingerprint density at radius 3 is 2.61 bits per heavy atom. The van der Waals surface area contributed by atoms with Gasteiger partial charge in [-0.2, -0.15) is 4.98 Å². The number of nitrogens with two attached hydrogens (primary N) is 1. The average molecular weight is 511 g/mol. The molecule has 11 nitrogen and oxygen atoms in total. The molecule has 0 aliphatic heterocycles. The van der Waals surface area contributed by atoms with E-state index in [-0.39, 0.29) is 43.4 Å². The number of Topliss-reactive ketones (excluding diaryl/α,β-unsaturated/α-hetero) is 1. The highest BCUT2D eigenvalue weighted by Gasteiger charge is 2.27. The van der Waals surface area contributed by atoms with Crippen LogP contribution < -0.4 is 11.3 Å². The number of nitrogens with zero attached hydrogens (tertiary/aromatic N) is 3. The number of aromatic nitrogens is 4. The first kappa shape index (κ1) is 25.5. The van der Waals surface area contributed by atoms with E-state index in [0.29, 0.717) is 11.2 Å². The zero-order valence-electron chi connectivity index (χ0n) is 19.6. The molecular formula is C24H26N5O6P. The van der Waals surface area contributed by atoms with Crippen LogP contribution in [0.1, 0.15) is 21.5 Å². The van der Waals surface area contributed by atoms with Gasteiger partial charge in [0.2, 0.25) is 5.95 Å². The molecule has 3 N–H and O–H groups in total. The minimum absolute atomic E-state index is 0.0261. The molecule has 0 aliphatic carbocycles. The minimum Gasteiger partial charge on any atom is -0.369 e. The zero-order valence-corrected chi connectivity index (χ0v) is 20.5. The number of nitrogens with one attached hydrogen (secondary N) is 1. The molecule has 0 spiro atoms. The predicted octanol–water partition coefficient (Wildman–Crippen LogP) is 3.29. The molecule has 0 radical (unpaired) electrons. The highest BCUT2D eigenvalue weighted by atomic mass is 31.2. The summed E-state index contributed by atoms with van der Waals surface area (Å²) in [6, 6.07) is 16.2. The number of hydrogen-bond donors (Lipinski definition) is 2. The summed E-state index contributed by atoms with van der Waals surface area (Å²) in [6.45, 7) is 1.87. The lowest BCUT2D eigenvalue weighted by Crippen LogP contribution is -2.14. The summed E-state index contributed by atoms with van der Waals surface area (Å²) >= 11 is 0. The van der Waals surface area contributed by atoms with Gasteiger partial charge in [0.1, 0.15) is 13.0 Å². The first-order valence-corrected chi connectivity index (χ1v) is 12.9. The number of carbonyl (C=O) groups is 1. The normalized spacial score (nSPS) is 13.0. The molecule has 0 saturated heterocycles. The molecule has 2 aromatic heterocycles. The van der Waals surface area contributed by atoms with Crippen molar-refractivity contribution < 1.29 is 23.1 Å². The van der Waals surface area contributed by atoms with E-state index in [9.17, 15) is 14.2 Å². The second-order valence-electron chi connectivity index (χ2n) is 8.03. The molecule has 12 heteroatoms. The summed E-state index contributed by atoms with van der Waals surface area (Å²) in [7, 11) is -3.80. The Morgan fingerprint density at radius 2 is 1.86 bits per heavy atom. The summed E-state index contributed by atoms with van der Waals surface area (Å²) in [5.41, 5.74) is 7.90. The van der Waals surface area contributed by atoms with E-state index in [0.717, 1.165) is 11.1 Å². The molecule has 2 aromatic carbocycles. The number of nitrogen functional groups attached to an aromatic ring is 1. The summed E-state index contributed by atoms with van der Waals surface area (Å²) in [4.78, 5) is 35.0. The SMILES string of the molecule is Cc1ccc(C(=O)COP(=O)(COCCn2cnc3c(=O)[nH]c(N)nc32)OCc2ccccc2)cc1. The van der Waals surface area contributed by atoms with E-state index in [2.05, 4.69) is 15.0 Å². The average Bonchev–Trinajstić information content (AvgIpc) is 3.28. The van der Waals surface area contributed by atoms with Gasteiger partial charge in [-0.25, -0.2) is 4.98 Å². The number of ketones is 1. The Kier molecular flexibility index (Phi) is 8.07. The molecule has 188 valence electrons. The van der Waals surface area contributed by atoms with Gasteiger partial charge in [-0.1, -0.05) is 60.2 Å². The van der Waals surface area contributed by atoms with E-state index in [1.54, 1.807) is 16.7 Å². The monoisotopic (exact) mass is 511 g/mol. The van der Waals surface area contributed by atoms with Crippen LogP contribution in [0, 0.1) is 6.92 Å². The standard InChI is InChI=1S/C24H26N5O6P/c1-17-7-9-19(10-8-17)20(30)14-35-36(32,34-13-18-5-3-2-4-6-18)16-33-12-11-29-15-26-21-22(29)27-24(25)28-23(21)31/h2-10,15H,11-14,16H2,1H3,(H3,25,27,28,31). The molecule has 4 aromatic rings. The number of fused-ring (bicyclic) bond motifs is 1.